The summed E-state index contributed by atoms with van der Waals surface area (Å²) < 4.78 is 0. The molecule has 2 nitrogen and oxygen atoms in total. The maximum Gasteiger partial charge on any atom is 0.0590 e. The molecule has 70 valence electrons. The Bertz CT molecular complexity index is 290. The summed E-state index contributed by atoms with van der Waals surface area (Å²) in [4.78, 5) is 0. The fraction of sp³-hybridized carbons (Fsp3) is 0.364. The van der Waals surface area contributed by atoms with Gasteiger partial charge in [-0.1, -0.05) is 32.0 Å². The zero-order chi connectivity index (χ0) is 9.68. The third kappa shape index (κ3) is 3.28. The van der Waals surface area contributed by atoms with Crippen LogP contribution in [0.4, 0.5) is 5.69 Å². The minimum Gasteiger partial charge on any atom is -0.279 e. The Kier molecular flexibility index (Phi) is 3.50. The fourth-order valence-electron chi connectivity index (χ4n) is 0.954. The minimum atomic E-state index is 0.483. The Hall–Kier alpha value is -1.31. The van der Waals surface area contributed by atoms with Crippen molar-refractivity contribution in [3.63, 3.8) is 0 Å². The summed E-state index contributed by atoms with van der Waals surface area (Å²) in [7, 11) is 0. The monoisotopic (exact) mass is 176 g/mol. The van der Waals surface area contributed by atoms with Crippen LogP contribution in [0.1, 0.15) is 19.4 Å². The number of nitrogens with one attached hydrogen (secondary N) is 1. The number of hydrazone groups is 1. The molecule has 0 saturated carbocycles. The molecule has 0 saturated heterocycles. The van der Waals surface area contributed by atoms with Gasteiger partial charge in [0, 0.05) is 6.21 Å². The maximum absolute atomic E-state index is 4.13. The van der Waals surface area contributed by atoms with Gasteiger partial charge >= 0.3 is 0 Å². The third-order valence-electron chi connectivity index (χ3n) is 1.70. The molecule has 1 N–H and O–H groups in total. The van der Waals surface area contributed by atoms with Gasteiger partial charge in [0.25, 0.3) is 0 Å². The molecular weight excluding hydrogens is 160 g/mol. The summed E-state index contributed by atoms with van der Waals surface area (Å²) in [5, 5.41) is 4.13. The molecule has 2 heteroatoms. The molecule has 0 heterocycles. The molecule has 0 bridgehead atoms. The number of hydrogen-bond acceptors (Lipinski definition) is 2. The maximum atomic E-state index is 4.13. The predicted molar refractivity (Wildman–Crippen MR) is 58.1 cm³/mol. The van der Waals surface area contributed by atoms with Crippen LogP contribution in [0.5, 0.6) is 0 Å². The highest BCUT2D eigenvalue weighted by molar-refractivity contribution is 5.62. The van der Waals surface area contributed by atoms with E-state index in [1.807, 2.05) is 24.4 Å². The average molecular weight is 176 g/mol. The summed E-state index contributed by atoms with van der Waals surface area (Å²) in [6, 6.07) is 8.10. The standard InChI is InChI=1S/C11H16N2/c1-9(2)8-12-13-11-7-5-4-6-10(11)3/h4-9,13H,1-3H3/b12-8+. The topological polar surface area (TPSA) is 24.4 Å². The van der Waals surface area contributed by atoms with Crippen LogP contribution in [0, 0.1) is 12.8 Å². The number of para-hydroxylation sites is 1. The molecule has 0 spiro atoms. The SMILES string of the molecule is Cc1ccccc1N/N=C/C(C)C. The Morgan fingerprint density at radius 3 is 2.62 bits per heavy atom. The second-order valence-corrected chi connectivity index (χ2v) is 3.45. The lowest BCUT2D eigenvalue weighted by Crippen LogP contribution is -1.95. The number of benzene rings is 1. The zero-order valence-corrected chi connectivity index (χ0v) is 8.41. The van der Waals surface area contributed by atoms with Gasteiger partial charge in [0.15, 0.2) is 0 Å². The Balaban J connectivity index is 2.59. The first kappa shape index (κ1) is 9.78. The molecule has 1 aromatic carbocycles. The summed E-state index contributed by atoms with van der Waals surface area (Å²) in [5.41, 5.74) is 5.29. The lowest BCUT2D eigenvalue weighted by Gasteiger charge is -2.03. The van der Waals surface area contributed by atoms with Gasteiger partial charge in [-0.05, 0) is 24.5 Å². The molecule has 0 aliphatic rings. The number of nitrogens with zero attached hydrogens (tertiary/aromatic N) is 1. The molecule has 0 aliphatic heterocycles. The lowest BCUT2D eigenvalue weighted by atomic mass is 10.2. The first-order valence-electron chi connectivity index (χ1n) is 4.55. The molecule has 0 radical (unpaired) electrons. The van der Waals surface area contributed by atoms with Gasteiger partial charge in [-0.2, -0.15) is 5.10 Å². The van der Waals surface area contributed by atoms with Gasteiger partial charge in [-0.15, -0.1) is 0 Å². The van der Waals surface area contributed by atoms with Crippen LogP contribution in [-0.4, -0.2) is 6.21 Å². The highest BCUT2D eigenvalue weighted by Crippen LogP contribution is 2.12. The molecule has 0 aliphatic carbocycles. The molecule has 0 atom stereocenters. The second kappa shape index (κ2) is 4.65. The first-order valence-corrected chi connectivity index (χ1v) is 4.55. The van der Waals surface area contributed by atoms with Crippen LogP contribution in [0.25, 0.3) is 0 Å². The van der Waals surface area contributed by atoms with Crippen molar-refractivity contribution < 1.29 is 0 Å². The normalized spacial score (nSPS) is 11.1. The smallest absolute Gasteiger partial charge is 0.0590 e. The van der Waals surface area contributed by atoms with Crippen molar-refractivity contribution in [2.24, 2.45) is 11.0 Å². The number of hydrogen-bond donors (Lipinski definition) is 1. The van der Waals surface area contributed by atoms with Crippen LogP contribution in [0.15, 0.2) is 29.4 Å². The Morgan fingerprint density at radius 1 is 1.31 bits per heavy atom. The summed E-state index contributed by atoms with van der Waals surface area (Å²) in [5.74, 6) is 0.483. The molecule has 13 heavy (non-hydrogen) atoms. The molecular formula is C11H16N2. The van der Waals surface area contributed by atoms with Crippen molar-refractivity contribution >= 4 is 11.9 Å². The van der Waals surface area contributed by atoms with Crippen LogP contribution >= 0.6 is 0 Å². The van der Waals surface area contributed by atoms with Gasteiger partial charge in [0.2, 0.25) is 0 Å². The van der Waals surface area contributed by atoms with Crippen LogP contribution < -0.4 is 5.43 Å². The van der Waals surface area contributed by atoms with Crippen molar-refractivity contribution in [3.05, 3.63) is 29.8 Å². The van der Waals surface area contributed by atoms with Crippen LogP contribution in [0.3, 0.4) is 0 Å². The van der Waals surface area contributed by atoms with E-state index in [2.05, 4.69) is 37.4 Å². The van der Waals surface area contributed by atoms with E-state index in [0.29, 0.717) is 5.92 Å². The molecule has 1 rings (SSSR count). The molecule has 0 aromatic heterocycles. The summed E-state index contributed by atoms with van der Waals surface area (Å²) >= 11 is 0. The first-order chi connectivity index (χ1) is 6.20. The highest BCUT2D eigenvalue weighted by atomic mass is 15.3. The largest absolute Gasteiger partial charge is 0.279 e. The molecule has 0 amide bonds. The number of aryl methyl sites for hydroxylation is 1. The van der Waals surface area contributed by atoms with E-state index >= 15 is 0 Å². The van der Waals surface area contributed by atoms with Gasteiger partial charge in [-0.3, -0.25) is 5.43 Å². The van der Waals surface area contributed by atoms with Crippen LogP contribution in [-0.2, 0) is 0 Å². The van der Waals surface area contributed by atoms with E-state index in [0.717, 1.165) is 5.69 Å². The van der Waals surface area contributed by atoms with E-state index in [1.54, 1.807) is 0 Å². The van der Waals surface area contributed by atoms with E-state index in [4.69, 9.17) is 0 Å². The predicted octanol–water partition coefficient (Wildman–Crippen LogP) is 3.05. The molecule has 1 aromatic rings. The third-order valence-corrected chi connectivity index (χ3v) is 1.70. The minimum absolute atomic E-state index is 0.483. The highest BCUT2D eigenvalue weighted by Gasteiger charge is 1.92. The van der Waals surface area contributed by atoms with Crippen molar-refractivity contribution in [1.82, 2.24) is 0 Å². The van der Waals surface area contributed by atoms with E-state index in [-0.39, 0.29) is 0 Å². The summed E-state index contributed by atoms with van der Waals surface area (Å²) in [6.45, 7) is 6.26. The zero-order valence-electron chi connectivity index (χ0n) is 8.41. The lowest BCUT2D eigenvalue weighted by molar-refractivity contribution is 0.904. The average Bonchev–Trinajstić information content (AvgIpc) is 2.08. The summed E-state index contributed by atoms with van der Waals surface area (Å²) in [6.07, 6.45) is 1.90. The fourth-order valence-corrected chi connectivity index (χ4v) is 0.954. The van der Waals surface area contributed by atoms with E-state index in [1.165, 1.54) is 5.56 Å². The van der Waals surface area contributed by atoms with E-state index in [9.17, 15) is 0 Å². The molecule has 0 fully saturated rings. The van der Waals surface area contributed by atoms with Gasteiger partial charge < -0.3 is 0 Å². The quantitative estimate of drug-likeness (QED) is 0.555. The Morgan fingerprint density at radius 2 is 2.00 bits per heavy atom. The number of rotatable bonds is 3. The van der Waals surface area contributed by atoms with Crippen molar-refractivity contribution in [2.75, 3.05) is 5.43 Å². The van der Waals surface area contributed by atoms with Crippen LogP contribution in [0.2, 0.25) is 0 Å². The van der Waals surface area contributed by atoms with Crippen molar-refractivity contribution in [1.29, 1.82) is 0 Å². The van der Waals surface area contributed by atoms with E-state index < -0.39 is 0 Å². The van der Waals surface area contributed by atoms with Crippen molar-refractivity contribution in [3.8, 4) is 0 Å². The molecule has 0 unspecified atom stereocenters. The van der Waals surface area contributed by atoms with Gasteiger partial charge in [0.1, 0.15) is 0 Å². The van der Waals surface area contributed by atoms with Crippen molar-refractivity contribution in [2.45, 2.75) is 20.8 Å². The number of anilines is 1. The van der Waals surface area contributed by atoms with Gasteiger partial charge in [0.05, 0.1) is 5.69 Å². The Labute approximate surface area is 79.7 Å². The van der Waals surface area contributed by atoms with Gasteiger partial charge in [-0.25, -0.2) is 0 Å². The second-order valence-electron chi connectivity index (χ2n) is 3.45.